The first-order valence-corrected chi connectivity index (χ1v) is 6.23. The third-order valence-corrected chi connectivity index (χ3v) is 3.27. The summed E-state index contributed by atoms with van der Waals surface area (Å²) in [6.45, 7) is 1.32. The van der Waals surface area contributed by atoms with Crippen molar-refractivity contribution in [2.75, 3.05) is 0 Å². The van der Waals surface area contributed by atoms with E-state index >= 15 is 0 Å². The van der Waals surface area contributed by atoms with E-state index in [1.807, 2.05) is 0 Å². The Hall–Kier alpha value is -1.42. The SMILES string of the molecule is CC(=O)c1ccc(O[C@@H]2CCCC[C@@H]2O)cc1F. The molecule has 18 heavy (non-hydrogen) atoms. The van der Waals surface area contributed by atoms with Crippen LogP contribution in [0.2, 0.25) is 0 Å². The van der Waals surface area contributed by atoms with Gasteiger partial charge in [0.15, 0.2) is 5.78 Å². The Morgan fingerprint density at radius 1 is 1.39 bits per heavy atom. The van der Waals surface area contributed by atoms with Gasteiger partial charge in [-0.05, 0) is 38.3 Å². The highest BCUT2D eigenvalue weighted by Crippen LogP contribution is 2.25. The topological polar surface area (TPSA) is 46.5 Å². The minimum absolute atomic E-state index is 0.0616. The molecule has 98 valence electrons. The number of hydrogen-bond acceptors (Lipinski definition) is 3. The van der Waals surface area contributed by atoms with Gasteiger partial charge in [-0.15, -0.1) is 0 Å². The molecule has 2 rings (SSSR count). The normalized spacial score (nSPS) is 23.7. The molecule has 1 aliphatic carbocycles. The standard InChI is InChI=1S/C14H17FO3/c1-9(16)11-7-6-10(8-12(11)15)18-14-5-3-2-4-13(14)17/h6-8,13-14,17H,2-5H2,1H3/t13-,14+/m0/s1. The molecule has 0 heterocycles. The fraction of sp³-hybridized carbons (Fsp3) is 0.500. The van der Waals surface area contributed by atoms with Crippen molar-refractivity contribution in [3.8, 4) is 5.75 Å². The van der Waals surface area contributed by atoms with Crippen molar-refractivity contribution >= 4 is 5.78 Å². The summed E-state index contributed by atoms with van der Waals surface area (Å²) < 4.78 is 19.2. The Bertz CT molecular complexity index is 445. The molecule has 1 fully saturated rings. The van der Waals surface area contributed by atoms with E-state index in [4.69, 9.17) is 4.74 Å². The molecule has 0 aliphatic heterocycles. The molecule has 0 amide bonds. The molecule has 0 bridgehead atoms. The van der Waals surface area contributed by atoms with E-state index in [9.17, 15) is 14.3 Å². The molecular weight excluding hydrogens is 235 g/mol. The predicted octanol–water partition coefficient (Wildman–Crippen LogP) is 2.71. The first-order valence-electron chi connectivity index (χ1n) is 6.23. The minimum Gasteiger partial charge on any atom is -0.488 e. The molecule has 1 aromatic carbocycles. The van der Waals surface area contributed by atoms with Crippen LogP contribution in [0.4, 0.5) is 4.39 Å². The van der Waals surface area contributed by atoms with Crippen LogP contribution >= 0.6 is 0 Å². The lowest BCUT2D eigenvalue weighted by Gasteiger charge is -2.28. The number of rotatable bonds is 3. The van der Waals surface area contributed by atoms with Gasteiger partial charge in [0.05, 0.1) is 11.7 Å². The lowest BCUT2D eigenvalue weighted by atomic mass is 9.95. The number of ketones is 1. The van der Waals surface area contributed by atoms with Crippen LogP contribution in [-0.4, -0.2) is 23.1 Å². The number of Topliss-reactive ketones (excluding diaryl/α,β-unsaturated/α-hetero) is 1. The number of hydrogen-bond donors (Lipinski definition) is 1. The zero-order valence-electron chi connectivity index (χ0n) is 10.4. The van der Waals surface area contributed by atoms with Gasteiger partial charge in [0, 0.05) is 6.07 Å². The molecule has 4 heteroatoms. The largest absolute Gasteiger partial charge is 0.488 e. The number of carbonyl (C=O) groups excluding carboxylic acids is 1. The average molecular weight is 252 g/mol. The van der Waals surface area contributed by atoms with Crippen molar-refractivity contribution in [2.24, 2.45) is 0 Å². The number of carbonyl (C=O) groups is 1. The zero-order chi connectivity index (χ0) is 13.1. The summed E-state index contributed by atoms with van der Waals surface area (Å²) in [6.07, 6.45) is 2.74. The summed E-state index contributed by atoms with van der Waals surface area (Å²) in [5.41, 5.74) is 0.0616. The zero-order valence-corrected chi connectivity index (χ0v) is 10.4. The summed E-state index contributed by atoms with van der Waals surface area (Å²) in [6, 6.07) is 4.20. The minimum atomic E-state index is -0.578. The van der Waals surface area contributed by atoms with Crippen molar-refractivity contribution in [2.45, 2.75) is 44.8 Å². The molecule has 0 spiro atoms. The summed E-state index contributed by atoms with van der Waals surface area (Å²) in [4.78, 5) is 11.1. The van der Waals surface area contributed by atoms with Gasteiger partial charge in [-0.2, -0.15) is 0 Å². The van der Waals surface area contributed by atoms with Crippen LogP contribution in [0.15, 0.2) is 18.2 Å². The first kappa shape index (κ1) is 13.0. The molecule has 2 atom stereocenters. The molecule has 1 saturated carbocycles. The van der Waals surface area contributed by atoms with E-state index in [2.05, 4.69) is 0 Å². The van der Waals surface area contributed by atoms with Crippen LogP contribution in [0.25, 0.3) is 0 Å². The van der Waals surface area contributed by atoms with E-state index in [0.717, 1.165) is 25.7 Å². The third kappa shape index (κ3) is 2.88. The molecule has 1 aliphatic rings. The fourth-order valence-electron chi connectivity index (χ4n) is 2.24. The first-order chi connectivity index (χ1) is 8.58. The molecule has 3 nitrogen and oxygen atoms in total. The molecule has 0 saturated heterocycles. The average Bonchev–Trinajstić information content (AvgIpc) is 2.32. The number of benzene rings is 1. The summed E-state index contributed by atoms with van der Waals surface area (Å²) >= 11 is 0. The van der Waals surface area contributed by atoms with E-state index in [1.54, 1.807) is 6.07 Å². The Morgan fingerprint density at radius 2 is 2.11 bits per heavy atom. The maximum atomic E-state index is 13.6. The van der Waals surface area contributed by atoms with Gasteiger partial charge in [-0.25, -0.2) is 4.39 Å². The second-order valence-electron chi connectivity index (χ2n) is 4.71. The number of aliphatic hydroxyl groups is 1. The maximum absolute atomic E-state index is 13.6. The van der Waals surface area contributed by atoms with Crippen molar-refractivity contribution in [3.63, 3.8) is 0 Å². The predicted molar refractivity (Wildman–Crippen MR) is 65.3 cm³/mol. The lowest BCUT2D eigenvalue weighted by molar-refractivity contribution is 0.00671. The summed E-state index contributed by atoms with van der Waals surface area (Å²) in [7, 11) is 0. The van der Waals surface area contributed by atoms with Gasteiger partial charge in [0.1, 0.15) is 17.7 Å². The van der Waals surface area contributed by atoms with Crippen LogP contribution in [0.5, 0.6) is 5.75 Å². The van der Waals surface area contributed by atoms with Crippen LogP contribution < -0.4 is 4.74 Å². The van der Waals surface area contributed by atoms with E-state index < -0.39 is 11.9 Å². The van der Waals surface area contributed by atoms with Gasteiger partial charge < -0.3 is 9.84 Å². The van der Waals surface area contributed by atoms with Crippen molar-refractivity contribution in [3.05, 3.63) is 29.6 Å². The number of halogens is 1. The Labute approximate surface area is 106 Å². The van der Waals surface area contributed by atoms with Gasteiger partial charge in [-0.3, -0.25) is 4.79 Å². The molecule has 0 unspecified atom stereocenters. The highest BCUT2D eigenvalue weighted by molar-refractivity contribution is 5.94. The van der Waals surface area contributed by atoms with Crippen molar-refractivity contribution in [1.82, 2.24) is 0 Å². The van der Waals surface area contributed by atoms with E-state index in [-0.39, 0.29) is 17.5 Å². The van der Waals surface area contributed by atoms with Gasteiger partial charge >= 0.3 is 0 Å². The number of ether oxygens (including phenoxy) is 1. The van der Waals surface area contributed by atoms with E-state index in [0.29, 0.717) is 5.75 Å². The van der Waals surface area contributed by atoms with Crippen LogP contribution in [0, 0.1) is 5.82 Å². The Balaban J connectivity index is 2.10. The molecule has 1 N–H and O–H groups in total. The smallest absolute Gasteiger partial charge is 0.162 e. The van der Waals surface area contributed by atoms with Crippen molar-refractivity contribution in [1.29, 1.82) is 0 Å². The van der Waals surface area contributed by atoms with Crippen LogP contribution in [-0.2, 0) is 0 Å². The van der Waals surface area contributed by atoms with E-state index in [1.165, 1.54) is 19.1 Å². The highest BCUT2D eigenvalue weighted by Gasteiger charge is 2.24. The monoisotopic (exact) mass is 252 g/mol. The fourth-order valence-corrected chi connectivity index (χ4v) is 2.24. The lowest BCUT2D eigenvalue weighted by Crippen LogP contribution is -2.34. The second-order valence-corrected chi connectivity index (χ2v) is 4.71. The van der Waals surface area contributed by atoms with Gasteiger partial charge in [-0.1, -0.05) is 6.42 Å². The van der Waals surface area contributed by atoms with Crippen molar-refractivity contribution < 1.29 is 19.0 Å². The van der Waals surface area contributed by atoms with Gasteiger partial charge in [0.2, 0.25) is 0 Å². The maximum Gasteiger partial charge on any atom is 0.162 e. The molecule has 0 radical (unpaired) electrons. The molecule has 1 aromatic rings. The molecular formula is C14H17FO3. The Kier molecular flexibility index (Phi) is 3.97. The number of aliphatic hydroxyl groups excluding tert-OH is 1. The summed E-state index contributed by atoms with van der Waals surface area (Å²) in [5, 5.41) is 9.77. The van der Waals surface area contributed by atoms with Crippen LogP contribution in [0.3, 0.4) is 0 Å². The second kappa shape index (κ2) is 5.48. The third-order valence-electron chi connectivity index (χ3n) is 3.27. The highest BCUT2D eigenvalue weighted by atomic mass is 19.1. The summed E-state index contributed by atoms with van der Waals surface area (Å²) in [5.74, 6) is -0.523. The van der Waals surface area contributed by atoms with Gasteiger partial charge in [0.25, 0.3) is 0 Å². The molecule has 0 aromatic heterocycles. The Morgan fingerprint density at radius 3 is 2.72 bits per heavy atom. The quantitative estimate of drug-likeness (QED) is 0.841. The van der Waals surface area contributed by atoms with Crippen LogP contribution in [0.1, 0.15) is 43.0 Å².